The summed E-state index contributed by atoms with van der Waals surface area (Å²) in [7, 11) is -1.64. The number of Topliss-reactive ketones (excluding diaryl/α,β-unsaturated/α-hetero) is 2. The predicted octanol–water partition coefficient (Wildman–Crippen LogP) is 0.287. The summed E-state index contributed by atoms with van der Waals surface area (Å²) in [5, 5.41) is 59.3. The number of carbonyl (C=O) groups is 3. The summed E-state index contributed by atoms with van der Waals surface area (Å²) in [5.41, 5.74) is 0.838. The highest BCUT2D eigenvalue weighted by Crippen LogP contribution is 2.54. The SMILES string of the molecule is CC(C)CNc1cc([N+](=O)[O-])c(O)c2c1CC1CC3[C@H](N(C)C)C(=O)C(C(N)=O)=C(O)[C@@]3(O)C(=O)C1=C2O.O=S(=O)(O)O. The third-order valence-electron chi connectivity index (χ3n) is 7.60. The third kappa shape index (κ3) is 5.91. The van der Waals surface area contributed by atoms with Gasteiger partial charge < -0.3 is 31.5 Å². The molecule has 4 rings (SSSR count). The zero-order valence-corrected chi connectivity index (χ0v) is 24.2. The monoisotopic (exact) mass is 628 g/mol. The Labute approximate surface area is 245 Å². The van der Waals surface area contributed by atoms with E-state index in [0.717, 1.165) is 6.07 Å². The van der Waals surface area contributed by atoms with Gasteiger partial charge in [0.2, 0.25) is 11.5 Å². The number of nitrogens with one attached hydrogen (secondary N) is 1. The van der Waals surface area contributed by atoms with Crippen molar-refractivity contribution in [3.63, 3.8) is 0 Å². The maximum Gasteiger partial charge on any atom is 0.394 e. The Balaban J connectivity index is 0.000000934. The third-order valence-corrected chi connectivity index (χ3v) is 7.60. The molecule has 4 atom stereocenters. The molecule has 0 spiro atoms. The molecule has 0 aliphatic heterocycles. The highest BCUT2D eigenvalue weighted by molar-refractivity contribution is 7.79. The van der Waals surface area contributed by atoms with Gasteiger partial charge >= 0.3 is 16.1 Å². The highest BCUT2D eigenvalue weighted by Gasteiger charge is 2.64. The van der Waals surface area contributed by atoms with Crippen LogP contribution in [0.2, 0.25) is 0 Å². The zero-order chi connectivity index (χ0) is 32.9. The van der Waals surface area contributed by atoms with Crippen molar-refractivity contribution in [2.45, 2.75) is 38.3 Å². The number of hydrogen-bond donors (Lipinski definition) is 8. The molecule has 0 aromatic heterocycles. The number of phenols is 1. The lowest BCUT2D eigenvalue weighted by molar-refractivity contribution is -0.385. The largest absolute Gasteiger partial charge is 0.508 e. The highest BCUT2D eigenvalue weighted by atomic mass is 32.3. The van der Waals surface area contributed by atoms with Crippen LogP contribution >= 0.6 is 0 Å². The lowest BCUT2D eigenvalue weighted by Gasteiger charge is -2.50. The van der Waals surface area contributed by atoms with Crippen LogP contribution in [0.25, 0.3) is 5.76 Å². The van der Waals surface area contributed by atoms with E-state index < -0.39 is 84.8 Å². The van der Waals surface area contributed by atoms with E-state index in [1.165, 1.54) is 19.0 Å². The molecule has 2 unspecified atom stereocenters. The van der Waals surface area contributed by atoms with Crippen LogP contribution in [-0.4, -0.2) is 97.5 Å². The topological polar surface area (TPSA) is 291 Å². The standard InChI is InChI=1S/C25H30N4O9.H2O4S/c1-9(2)8-27-13-7-14(29(37)38)19(30)16-11(13)5-10-6-12-18(28(3)4)21(32)17(24(26)35)23(34)25(12,36)22(33)15(10)20(16)31;1-5(2,3)4/h7,9-10,12,18,27,30-31,34,36H,5-6,8H2,1-4H3,(H2,26,35);(H2,1,2,3,4)/t10?,12?,18-,25-;/m0./s1. The summed E-state index contributed by atoms with van der Waals surface area (Å²) in [6.45, 7) is 4.27. The lowest BCUT2D eigenvalue weighted by atomic mass is 9.57. The summed E-state index contributed by atoms with van der Waals surface area (Å²) in [6, 6.07) is -0.0350. The first-order valence-corrected chi connectivity index (χ1v) is 14.2. The van der Waals surface area contributed by atoms with Gasteiger partial charge in [0, 0.05) is 29.8 Å². The summed E-state index contributed by atoms with van der Waals surface area (Å²) in [6.07, 6.45) is -0.0480. The number of nitro groups is 1. The lowest BCUT2D eigenvalue weighted by Crippen LogP contribution is -2.65. The number of amides is 1. The summed E-state index contributed by atoms with van der Waals surface area (Å²) >= 11 is 0. The maximum atomic E-state index is 13.8. The molecule has 9 N–H and O–H groups in total. The van der Waals surface area contributed by atoms with Gasteiger partial charge in [-0.1, -0.05) is 13.8 Å². The van der Waals surface area contributed by atoms with Gasteiger partial charge in [-0.05, 0) is 44.3 Å². The fourth-order valence-corrected chi connectivity index (χ4v) is 5.91. The number of carbonyl (C=O) groups excluding carboxylic acids is 3. The number of phenolic OH excluding ortho intramolecular Hbond substituents is 1. The number of ketones is 2. The molecule has 1 aromatic carbocycles. The van der Waals surface area contributed by atoms with Crippen molar-refractivity contribution in [2.75, 3.05) is 26.0 Å². The van der Waals surface area contributed by atoms with E-state index in [1.807, 2.05) is 13.8 Å². The molecule has 1 amide bonds. The van der Waals surface area contributed by atoms with E-state index in [9.17, 15) is 44.9 Å². The van der Waals surface area contributed by atoms with E-state index in [-0.39, 0.29) is 29.9 Å². The van der Waals surface area contributed by atoms with Gasteiger partial charge in [0.15, 0.2) is 11.4 Å². The van der Waals surface area contributed by atoms with Crippen molar-refractivity contribution < 1.29 is 57.3 Å². The van der Waals surface area contributed by atoms with E-state index in [4.69, 9.17) is 23.3 Å². The number of benzene rings is 1. The first-order chi connectivity index (χ1) is 19.6. The van der Waals surface area contributed by atoms with Crippen LogP contribution < -0.4 is 11.1 Å². The molecule has 18 heteroatoms. The van der Waals surface area contributed by atoms with Gasteiger partial charge in [-0.2, -0.15) is 8.42 Å². The second-order valence-corrected chi connectivity index (χ2v) is 12.0. The second-order valence-electron chi connectivity index (χ2n) is 11.1. The number of nitro benzene ring substituents is 1. The molecule has 1 aromatic rings. The Kier molecular flexibility index (Phi) is 8.96. The van der Waals surface area contributed by atoms with E-state index in [2.05, 4.69) is 5.32 Å². The molecule has 17 nitrogen and oxygen atoms in total. The molecule has 0 heterocycles. The van der Waals surface area contributed by atoms with Crippen molar-refractivity contribution in [3.8, 4) is 5.75 Å². The maximum absolute atomic E-state index is 13.8. The van der Waals surface area contributed by atoms with Crippen LogP contribution in [0.3, 0.4) is 0 Å². The zero-order valence-electron chi connectivity index (χ0n) is 23.4. The molecule has 0 radical (unpaired) electrons. The number of hydrogen-bond acceptors (Lipinski definition) is 13. The minimum Gasteiger partial charge on any atom is -0.508 e. The van der Waals surface area contributed by atoms with Gasteiger partial charge in [0.25, 0.3) is 5.91 Å². The van der Waals surface area contributed by atoms with Crippen molar-refractivity contribution >= 4 is 45.0 Å². The number of rotatable bonds is 6. The number of aromatic hydroxyl groups is 1. The molecule has 1 fully saturated rings. The number of nitrogens with two attached hydrogens (primary N) is 1. The Morgan fingerprint density at radius 1 is 1.23 bits per heavy atom. The quantitative estimate of drug-likeness (QED) is 0.0690. The fraction of sp³-hybridized carbons (Fsp3) is 0.480. The Morgan fingerprint density at radius 3 is 2.26 bits per heavy atom. The number of aliphatic hydroxyl groups is 3. The van der Waals surface area contributed by atoms with Crippen LogP contribution in [0.5, 0.6) is 5.75 Å². The number of anilines is 1. The normalized spacial score (nSPS) is 25.1. The number of aliphatic hydroxyl groups excluding tert-OH is 2. The van der Waals surface area contributed by atoms with E-state index in [1.54, 1.807) is 0 Å². The molecule has 0 bridgehead atoms. The minimum absolute atomic E-state index is 0.0283. The Bertz CT molecular complexity index is 1570. The first kappa shape index (κ1) is 33.4. The van der Waals surface area contributed by atoms with E-state index >= 15 is 0 Å². The Hall–Kier alpha value is -4.10. The number of nitrogens with zero attached hydrogens (tertiary/aromatic N) is 2. The van der Waals surface area contributed by atoms with Crippen LogP contribution in [-0.2, 0) is 31.2 Å². The fourth-order valence-electron chi connectivity index (χ4n) is 5.91. The van der Waals surface area contributed by atoms with Crippen LogP contribution in [0.4, 0.5) is 11.4 Å². The van der Waals surface area contributed by atoms with Gasteiger partial charge in [-0.3, -0.25) is 38.5 Å². The van der Waals surface area contributed by atoms with Gasteiger partial charge in [-0.15, -0.1) is 0 Å². The number of primary amides is 1. The average molecular weight is 629 g/mol. The summed E-state index contributed by atoms with van der Waals surface area (Å²) < 4.78 is 31.6. The minimum atomic E-state index is -4.67. The number of fused-ring (bicyclic) bond motifs is 3. The van der Waals surface area contributed by atoms with Gasteiger partial charge in [-0.25, -0.2) is 0 Å². The molecular weight excluding hydrogens is 596 g/mol. The van der Waals surface area contributed by atoms with Crippen LogP contribution in [0.1, 0.15) is 31.4 Å². The van der Waals surface area contributed by atoms with E-state index in [0.29, 0.717) is 17.8 Å². The average Bonchev–Trinajstić information content (AvgIpc) is 2.84. The predicted molar refractivity (Wildman–Crippen MR) is 148 cm³/mol. The van der Waals surface area contributed by atoms with Crippen molar-refractivity contribution in [1.29, 1.82) is 0 Å². The molecular formula is C25H32N4O13S. The smallest absolute Gasteiger partial charge is 0.394 e. The summed E-state index contributed by atoms with van der Waals surface area (Å²) in [4.78, 5) is 51.3. The molecule has 3 aliphatic rings. The first-order valence-electron chi connectivity index (χ1n) is 12.8. The number of likely N-dealkylation sites (N-methyl/N-ethyl adjacent to an activating group) is 1. The molecule has 236 valence electrons. The van der Waals surface area contributed by atoms with Crippen LogP contribution in [0.15, 0.2) is 23.0 Å². The van der Waals surface area contributed by atoms with Crippen LogP contribution in [0, 0.1) is 27.9 Å². The molecule has 0 saturated heterocycles. The van der Waals surface area contributed by atoms with Gasteiger partial charge in [0.1, 0.15) is 17.1 Å². The Morgan fingerprint density at radius 2 is 1.79 bits per heavy atom. The van der Waals surface area contributed by atoms with Crippen molar-refractivity contribution in [1.82, 2.24) is 4.90 Å². The van der Waals surface area contributed by atoms with Crippen molar-refractivity contribution in [2.24, 2.45) is 23.5 Å². The second kappa shape index (κ2) is 11.5. The molecule has 3 aliphatic carbocycles. The summed E-state index contributed by atoms with van der Waals surface area (Å²) in [5.74, 6) is -8.03. The molecule has 1 saturated carbocycles. The van der Waals surface area contributed by atoms with Crippen molar-refractivity contribution in [3.05, 3.63) is 44.2 Å². The molecule has 43 heavy (non-hydrogen) atoms. The van der Waals surface area contributed by atoms with Gasteiger partial charge in [0.05, 0.1) is 16.5 Å².